The fraction of sp³-hybridized carbons (Fsp3) is 0.758. The normalized spacial score (nSPS) is 14.8. The number of carbonyl (C=O) groups excluding carboxylic acids is 5. The third-order valence-electron chi connectivity index (χ3n) is 7.65. The Morgan fingerprint density at radius 2 is 0.961 bits per heavy atom. The van der Waals surface area contributed by atoms with Crippen LogP contribution >= 0.6 is 0 Å². The second kappa shape index (κ2) is 23.1. The van der Waals surface area contributed by atoms with Crippen LogP contribution in [0.2, 0.25) is 0 Å². The highest BCUT2D eigenvalue weighted by Gasteiger charge is 2.34. The van der Waals surface area contributed by atoms with Gasteiger partial charge in [0.25, 0.3) is 0 Å². The standard InChI is InChI=1S/C33H61N9O9/c1-16(2)12-21(39-27(45)20(10-9-11-37-33(35)36)38-31(49)26(34)19(7)8)28(46)40-22(13-17(3)4)29(47)41-23(15-25(43)44)30(48)42-24(32(50)51)14-18(5)6/h16-24,26H,9-15,34H2,1-8H3,(H,38,49)(H,39,45)(H,40,46)(H,41,47)(H,42,48)(H,43,44)(H,50,51)(H4,35,36,37)/t20-,21-,22-,23-,24-,26-/m0/s1. The van der Waals surface area contributed by atoms with E-state index in [9.17, 15) is 43.8 Å². The fourth-order valence-electron chi connectivity index (χ4n) is 4.94. The molecule has 18 heteroatoms. The summed E-state index contributed by atoms with van der Waals surface area (Å²) in [6.45, 7) is 14.4. The average Bonchev–Trinajstić information content (AvgIpc) is 2.99. The van der Waals surface area contributed by atoms with Crippen LogP contribution in [-0.2, 0) is 33.6 Å². The molecule has 0 radical (unpaired) electrons. The zero-order chi connectivity index (χ0) is 39.6. The first-order valence-corrected chi connectivity index (χ1v) is 17.3. The van der Waals surface area contributed by atoms with Gasteiger partial charge < -0.3 is 53.6 Å². The second-order valence-electron chi connectivity index (χ2n) is 14.4. The smallest absolute Gasteiger partial charge is 0.326 e. The minimum atomic E-state index is -1.65. The fourth-order valence-corrected chi connectivity index (χ4v) is 4.94. The summed E-state index contributed by atoms with van der Waals surface area (Å²) < 4.78 is 0. The topological polar surface area (TPSA) is 308 Å². The van der Waals surface area contributed by atoms with Gasteiger partial charge in [-0.25, -0.2) is 4.79 Å². The highest BCUT2D eigenvalue weighted by atomic mass is 16.4. The number of amides is 5. The van der Waals surface area contributed by atoms with Crippen molar-refractivity contribution in [1.82, 2.24) is 31.9 Å². The lowest BCUT2D eigenvalue weighted by Crippen LogP contribution is -2.60. The molecule has 0 fully saturated rings. The largest absolute Gasteiger partial charge is 0.481 e. The molecule has 18 nitrogen and oxygen atoms in total. The SMILES string of the molecule is CC(C)C[C@H](NC(=O)[C@H](CC(=O)O)NC(=O)[C@H](CC(C)C)NC(=O)[C@H](CC(C)C)NC(=O)[C@H](CCCNC(=N)N)NC(=O)[C@@H](N)C(C)C)C(=O)O. The Labute approximate surface area is 300 Å². The lowest BCUT2D eigenvalue weighted by atomic mass is 9.99. The second-order valence-corrected chi connectivity index (χ2v) is 14.4. The molecule has 0 saturated carbocycles. The van der Waals surface area contributed by atoms with Gasteiger partial charge in [0, 0.05) is 6.54 Å². The van der Waals surface area contributed by atoms with Crippen molar-refractivity contribution < 1.29 is 43.8 Å². The maximum absolute atomic E-state index is 13.7. The first-order chi connectivity index (χ1) is 23.5. The molecule has 0 aliphatic heterocycles. The molecular weight excluding hydrogens is 666 g/mol. The van der Waals surface area contributed by atoms with Crippen molar-refractivity contribution in [3.05, 3.63) is 0 Å². The van der Waals surface area contributed by atoms with Gasteiger partial charge in [-0.05, 0) is 55.8 Å². The van der Waals surface area contributed by atoms with Crippen molar-refractivity contribution in [2.45, 2.75) is 130 Å². The van der Waals surface area contributed by atoms with Gasteiger partial charge in [-0.1, -0.05) is 55.4 Å². The zero-order valence-electron chi connectivity index (χ0n) is 31.1. The summed E-state index contributed by atoms with van der Waals surface area (Å²) >= 11 is 0. The van der Waals surface area contributed by atoms with Crippen molar-refractivity contribution in [1.29, 1.82) is 5.41 Å². The number of carbonyl (C=O) groups is 7. The molecule has 0 aliphatic rings. The summed E-state index contributed by atoms with van der Waals surface area (Å²) in [7, 11) is 0. The van der Waals surface area contributed by atoms with Crippen LogP contribution in [-0.4, -0.2) is 100 Å². The zero-order valence-corrected chi connectivity index (χ0v) is 31.1. The first kappa shape index (κ1) is 46.5. The third kappa shape index (κ3) is 19.5. The molecule has 0 rings (SSSR count). The van der Waals surface area contributed by atoms with E-state index in [2.05, 4.69) is 31.9 Å². The van der Waals surface area contributed by atoms with Crippen LogP contribution < -0.4 is 43.4 Å². The van der Waals surface area contributed by atoms with E-state index in [1.165, 1.54) is 0 Å². The van der Waals surface area contributed by atoms with Crippen LogP contribution in [0.25, 0.3) is 0 Å². The van der Waals surface area contributed by atoms with E-state index < -0.39 is 84.1 Å². The van der Waals surface area contributed by atoms with Crippen LogP contribution in [0.3, 0.4) is 0 Å². The van der Waals surface area contributed by atoms with Gasteiger partial charge in [-0.2, -0.15) is 0 Å². The average molecular weight is 728 g/mol. The molecule has 0 aromatic heterocycles. The van der Waals surface area contributed by atoms with Gasteiger partial charge >= 0.3 is 11.9 Å². The van der Waals surface area contributed by atoms with E-state index >= 15 is 0 Å². The molecule has 0 bridgehead atoms. The number of nitrogens with two attached hydrogens (primary N) is 2. The Hall–Kier alpha value is -4.48. The van der Waals surface area contributed by atoms with E-state index in [1.54, 1.807) is 41.5 Å². The molecule has 0 unspecified atom stereocenters. The van der Waals surface area contributed by atoms with Gasteiger partial charge in [0.05, 0.1) is 12.5 Å². The van der Waals surface area contributed by atoms with E-state index in [1.807, 2.05) is 13.8 Å². The minimum Gasteiger partial charge on any atom is -0.481 e. The lowest BCUT2D eigenvalue weighted by Gasteiger charge is -2.28. The van der Waals surface area contributed by atoms with Crippen LogP contribution in [0, 0.1) is 29.1 Å². The predicted molar refractivity (Wildman–Crippen MR) is 190 cm³/mol. The van der Waals surface area contributed by atoms with E-state index in [4.69, 9.17) is 16.9 Å². The maximum atomic E-state index is 13.7. The molecular formula is C33H61N9O9. The van der Waals surface area contributed by atoms with E-state index in [0.29, 0.717) is 6.42 Å². The predicted octanol–water partition coefficient (Wildman–Crippen LogP) is -0.645. The van der Waals surface area contributed by atoms with Crippen LogP contribution in [0.5, 0.6) is 0 Å². The number of aliphatic carboxylic acids is 2. The molecule has 0 aromatic carbocycles. The highest BCUT2D eigenvalue weighted by molar-refractivity contribution is 5.97. The van der Waals surface area contributed by atoms with Gasteiger partial charge in [-0.15, -0.1) is 0 Å². The van der Waals surface area contributed by atoms with Gasteiger partial charge in [-0.3, -0.25) is 34.2 Å². The van der Waals surface area contributed by atoms with Gasteiger partial charge in [0.2, 0.25) is 29.5 Å². The third-order valence-corrected chi connectivity index (χ3v) is 7.65. The van der Waals surface area contributed by atoms with Crippen molar-refractivity contribution in [2.24, 2.45) is 35.1 Å². The van der Waals surface area contributed by atoms with Crippen molar-refractivity contribution >= 4 is 47.4 Å². The Morgan fingerprint density at radius 3 is 1.35 bits per heavy atom. The van der Waals surface area contributed by atoms with Crippen LogP contribution in [0.15, 0.2) is 0 Å². The summed E-state index contributed by atoms with van der Waals surface area (Å²) in [4.78, 5) is 89.9. The molecule has 0 aliphatic carbocycles. The molecule has 0 spiro atoms. The monoisotopic (exact) mass is 727 g/mol. The maximum Gasteiger partial charge on any atom is 0.326 e. The first-order valence-electron chi connectivity index (χ1n) is 17.3. The Bertz CT molecular complexity index is 1210. The summed E-state index contributed by atoms with van der Waals surface area (Å²) in [5.41, 5.74) is 11.3. The number of carboxylic acids is 2. The molecule has 292 valence electrons. The molecule has 6 atom stereocenters. The quantitative estimate of drug-likeness (QED) is 0.0336. The van der Waals surface area contributed by atoms with Crippen molar-refractivity contribution in [3.63, 3.8) is 0 Å². The Balaban J connectivity index is 6.21. The molecule has 13 N–H and O–H groups in total. The number of carboxylic acid groups (broad SMARTS) is 2. The van der Waals surface area contributed by atoms with E-state index in [-0.39, 0.29) is 61.9 Å². The van der Waals surface area contributed by atoms with Gasteiger partial charge in [0.1, 0.15) is 30.2 Å². The van der Waals surface area contributed by atoms with Crippen LogP contribution in [0.1, 0.15) is 93.9 Å². The summed E-state index contributed by atoms with van der Waals surface area (Å²) in [6.07, 6.45) is -0.139. The van der Waals surface area contributed by atoms with Gasteiger partial charge in [0.15, 0.2) is 5.96 Å². The number of nitrogens with one attached hydrogen (secondary N) is 7. The molecule has 5 amide bonds. The number of rotatable bonds is 24. The number of guanidine groups is 1. The van der Waals surface area contributed by atoms with E-state index in [0.717, 1.165) is 0 Å². The van der Waals surface area contributed by atoms with Crippen molar-refractivity contribution in [2.75, 3.05) is 6.54 Å². The number of hydrogen-bond acceptors (Lipinski definition) is 9. The molecule has 0 saturated heterocycles. The molecule has 0 heterocycles. The molecule has 0 aromatic rings. The lowest BCUT2D eigenvalue weighted by molar-refractivity contribution is -0.144. The van der Waals surface area contributed by atoms with Crippen LogP contribution in [0.4, 0.5) is 0 Å². The minimum absolute atomic E-state index is 0.0637. The Morgan fingerprint density at radius 1 is 0.588 bits per heavy atom. The highest BCUT2D eigenvalue weighted by Crippen LogP contribution is 2.12. The Kier molecular flexibility index (Phi) is 21.1. The number of hydrogen-bond donors (Lipinski definition) is 11. The van der Waals surface area contributed by atoms with Crippen molar-refractivity contribution in [3.8, 4) is 0 Å². The summed E-state index contributed by atoms with van der Waals surface area (Å²) in [6, 6.07) is -7.42. The summed E-state index contributed by atoms with van der Waals surface area (Å²) in [5.74, 6) is -7.50. The molecule has 51 heavy (non-hydrogen) atoms. The summed E-state index contributed by atoms with van der Waals surface area (Å²) in [5, 5.41) is 41.5.